The van der Waals surface area contributed by atoms with Crippen LogP contribution in [0.3, 0.4) is 0 Å². The Bertz CT molecular complexity index is 1060. The quantitative estimate of drug-likeness (QED) is 0.597. The Morgan fingerprint density at radius 3 is 2.58 bits per heavy atom. The van der Waals surface area contributed by atoms with E-state index in [0.29, 0.717) is 12.5 Å². The second-order valence-corrected chi connectivity index (χ2v) is 7.24. The van der Waals surface area contributed by atoms with E-state index in [0.717, 1.165) is 51.2 Å². The van der Waals surface area contributed by atoms with Gasteiger partial charge in [-0.3, -0.25) is 0 Å². The molecular weight excluding hydrogens is 398 g/mol. The summed E-state index contributed by atoms with van der Waals surface area (Å²) in [7, 11) is 3.33. The Morgan fingerprint density at radius 1 is 1.00 bits per heavy atom. The van der Waals surface area contributed by atoms with Crippen molar-refractivity contribution < 1.29 is 23.5 Å². The number of fused-ring (bicyclic) bond motifs is 5. The van der Waals surface area contributed by atoms with Gasteiger partial charge in [0.1, 0.15) is 0 Å². The minimum absolute atomic E-state index is 0.290. The first-order chi connectivity index (χ1) is 12.7. The van der Waals surface area contributed by atoms with Crippen LogP contribution in [0.5, 0.6) is 23.0 Å². The normalized spacial score (nSPS) is 14.1. The summed E-state index contributed by atoms with van der Waals surface area (Å²) in [5, 5.41) is 2.10. The SMILES string of the molecule is COc1cc(Br)c2cc3[n+](cc2c1OC)CCc1cc2c(cc1-3)OCO2. The van der Waals surface area contributed by atoms with E-state index in [-0.39, 0.29) is 0 Å². The minimum atomic E-state index is 0.290. The van der Waals surface area contributed by atoms with Gasteiger partial charge in [0.2, 0.25) is 12.5 Å². The molecule has 2 aliphatic heterocycles. The molecule has 3 heterocycles. The number of methoxy groups -OCH3 is 2. The summed E-state index contributed by atoms with van der Waals surface area (Å²) >= 11 is 3.68. The summed E-state index contributed by atoms with van der Waals surface area (Å²) in [5.41, 5.74) is 3.62. The number of ether oxygens (including phenoxy) is 4. The number of benzene rings is 2. The molecule has 0 radical (unpaired) electrons. The molecule has 2 aliphatic rings. The van der Waals surface area contributed by atoms with Crippen LogP contribution in [-0.2, 0) is 13.0 Å². The molecule has 5 rings (SSSR count). The lowest BCUT2D eigenvalue weighted by atomic mass is 9.95. The summed E-state index contributed by atoms with van der Waals surface area (Å²) < 4.78 is 25.5. The molecule has 5 nitrogen and oxygen atoms in total. The fraction of sp³-hybridized carbons (Fsp3) is 0.250. The molecule has 0 atom stereocenters. The first-order valence-corrected chi connectivity index (χ1v) is 9.19. The Labute approximate surface area is 159 Å². The number of halogens is 1. The highest BCUT2D eigenvalue weighted by atomic mass is 79.9. The lowest BCUT2D eigenvalue weighted by Gasteiger charge is -2.18. The van der Waals surface area contributed by atoms with Crippen molar-refractivity contribution in [3.8, 4) is 34.3 Å². The van der Waals surface area contributed by atoms with Crippen LogP contribution < -0.4 is 23.5 Å². The second kappa shape index (κ2) is 5.77. The maximum atomic E-state index is 5.63. The molecule has 0 aliphatic carbocycles. The predicted molar refractivity (Wildman–Crippen MR) is 100 cm³/mol. The van der Waals surface area contributed by atoms with Crippen LogP contribution in [0.15, 0.2) is 34.9 Å². The fourth-order valence-corrected chi connectivity index (χ4v) is 4.35. The highest BCUT2D eigenvalue weighted by Crippen LogP contribution is 2.43. The summed E-state index contributed by atoms with van der Waals surface area (Å²) in [6.45, 7) is 1.19. The van der Waals surface area contributed by atoms with Crippen LogP contribution in [0.2, 0.25) is 0 Å². The van der Waals surface area contributed by atoms with Crippen molar-refractivity contribution >= 4 is 26.7 Å². The highest BCUT2D eigenvalue weighted by Gasteiger charge is 2.29. The molecule has 0 amide bonds. The van der Waals surface area contributed by atoms with Gasteiger partial charge in [-0.25, -0.2) is 0 Å². The molecule has 26 heavy (non-hydrogen) atoms. The van der Waals surface area contributed by atoms with E-state index in [1.807, 2.05) is 6.07 Å². The Hall–Kier alpha value is -2.47. The first-order valence-electron chi connectivity index (χ1n) is 8.40. The van der Waals surface area contributed by atoms with Crippen molar-refractivity contribution in [3.63, 3.8) is 0 Å². The number of nitrogens with zero attached hydrogens (tertiary/aromatic N) is 1. The van der Waals surface area contributed by atoms with Crippen molar-refractivity contribution in [1.29, 1.82) is 0 Å². The van der Waals surface area contributed by atoms with Gasteiger partial charge in [0.05, 0.1) is 25.2 Å². The predicted octanol–water partition coefficient (Wildman–Crippen LogP) is 3.86. The van der Waals surface area contributed by atoms with E-state index in [9.17, 15) is 0 Å². The van der Waals surface area contributed by atoms with Crippen molar-refractivity contribution in [3.05, 3.63) is 40.5 Å². The molecular formula is C20H17BrNO4+. The van der Waals surface area contributed by atoms with Crippen LogP contribution >= 0.6 is 15.9 Å². The number of hydrogen-bond donors (Lipinski definition) is 0. The number of aromatic nitrogens is 1. The summed E-state index contributed by atoms with van der Waals surface area (Å²) in [5.74, 6) is 3.11. The van der Waals surface area contributed by atoms with Gasteiger partial charge >= 0.3 is 0 Å². The van der Waals surface area contributed by atoms with Crippen LogP contribution in [0, 0.1) is 0 Å². The monoisotopic (exact) mass is 414 g/mol. The van der Waals surface area contributed by atoms with E-state index < -0.39 is 0 Å². The van der Waals surface area contributed by atoms with Crippen LogP contribution in [0.1, 0.15) is 5.56 Å². The average Bonchev–Trinajstić information content (AvgIpc) is 3.12. The highest BCUT2D eigenvalue weighted by molar-refractivity contribution is 9.10. The van der Waals surface area contributed by atoms with Gasteiger partial charge in [-0.05, 0) is 23.8 Å². The smallest absolute Gasteiger partial charge is 0.231 e. The minimum Gasteiger partial charge on any atom is -0.493 e. The van der Waals surface area contributed by atoms with Gasteiger partial charge in [-0.2, -0.15) is 4.57 Å². The maximum Gasteiger partial charge on any atom is 0.231 e. The maximum absolute atomic E-state index is 5.63. The third kappa shape index (κ3) is 2.18. The van der Waals surface area contributed by atoms with E-state index in [1.54, 1.807) is 14.2 Å². The van der Waals surface area contributed by atoms with Crippen LogP contribution in [0.25, 0.3) is 22.0 Å². The van der Waals surface area contributed by atoms with Crippen molar-refractivity contribution in [2.75, 3.05) is 21.0 Å². The van der Waals surface area contributed by atoms with E-state index in [2.05, 4.69) is 44.9 Å². The molecule has 132 valence electrons. The number of pyridine rings is 1. The third-order valence-corrected chi connectivity index (χ3v) is 5.73. The molecule has 2 aromatic carbocycles. The van der Waals surface area contributed by atoms with E-state index >= 15 is 0 Å². The molecule has 0 saturated heterocycles. The average molecular weight is 415 g/mol. The Kier molecular flexibility index (Phi) is 3.50. The third-order valence-electron chi connectivity index (χ3n) is 5.07. The van der Waals surface area contributed by atoms with E-state index in [4.69, 9.17) is 18.9 Å². The van der Waals surface area contributed by atoms with Gasteiger partial charge in [-0.15, -0.1) is 0 Å². The lowest BCUT2D eigenvalue weighted by Crippen LogP contribution is -2.40. The zero-order valence-electron chi connectivity index (χ0n) is 14.5. The molecule has 0 spiro atoms. The van der Waals surface area contributed by atoms with Crippen LogP contribution in [0.4, 0.5) is 0 Å². The largest absolute Gasteiger partial charge is 0.493 e. The molecule has 0 saturated carbocycles. The zero-order chi connectivity index (χ0) is 17.8. The van der Waals surface area contributed by atoms with Crippen molar-refractivity contribution in [2.45, 2.75) is 13.0 Å². The van der Waals surface area contributed by atoms with Crippen LogP contribution in [-0.4, -0.2) is 21.0 Å². The van der Waals surface area contributed by atoms with E-state index in [1.165, 1.54) is 11.1 Å². The standard InChI is InChI=1S/C20H17BrNO4/c1-23-19-8-15(21)13-6-16-12-7-18-17(25-10-26-18)5-11(12)3-4-22(16)9-14(13)20(19)24-2/h5-9H,3-4,10H2,1-2H3/q+1. The lowest BCUT2D eigenvalue weighted by molar-refractivity contribution is -0.686. The Morgan fingerprint density at radius 2 is 1.81 bits per heavy atom. The Balaban J connectivity index is 1.79. The summed E-state index contributed by atoms with van der Waals surface area (Å²) in [4.78, 5) is 0. The van der Waals surface area contributed by atoms with Gasteiger partial charge in [0.25, 0.3) is 0 Å². The van der Waals surface area contributed by atoms with Crippen molar-refractivity contribution in [2.24, 2.45) is 0 Å². The number of hydrogen-bond acceptors (Lipinski definition) is 4. The molecule has 1 aromatic heterocycles. The first kappa shape index (κ1) is 15.8. The number of rotatable bonds is 2. The summed E-state index contributed by atoms with van der Waals surface area (Å²) in [6, 6.07) is 8.33. The fourth-order valence-electron chi connectivity index (χ4n) is 3.81. The molecule has 6 heteroatoms. The van der Waals surface area contributed by atoms with Gasteiger partial charge in [0.15, 0.2) is 35.7 Å². The number of aryl methyl sites for hydroxylation is 2. The molecule has 0 N–H and O–H groups in total. The molecule has 0 bridgehead atoms. The van der Waals surface area contributed by atoms with Gasteiger partial charge in [0, 0.05) is 22.3 Å². The molecule has 0 unspecified atom stereocenters. The second-order valence-electron chi connectivity index (χ2n) is 6.39. The van der Waals surface area contributed by atoms with Crippen molar-refractivity contribution in [1.82, 2.24) is 0 Å². The summed E-state index contributed by atoms with van der Waals surface area (Å²) in [6.07, 6.45) is 3.09. The topological polar surface area (TPSA) is 40.8 Å². The molecule has 0 fully saturated rings. The van der Waals surface area contributed by atoms with Gasteiger partial charge in [-0.1, -0.05) is 15.9 Å². The van der Waals surface area contributed by atoms with Gasteiger partial charge < -0.3 is 18.9 Å². The zero-order valence-corrected chi connectivity index (χ0v) is 16.1. The molecule has 3 aromatic rings.